The fraction of sp³-hybridized carbons (Fsp3) is 0.250. The van der Waals surface area contributed by atoms with Gasteiger partial charge in [-0.1, -0.05) is 54.9 Å². The number of rotatable bonds is 3. The smallest absolute Gasteiger partial charge is 0.127 e. The van der Waals surface area contributed by atoms with Crippen molar-refractivity contribution in [2.24, 2.45) is 5.73 Å². The predicted octanol–water partition coefficient (Wildman–Crippen LogP) is 4.59. The van der Waals surface area contributed by atoms with Gasteiger partial charge in [0.05, 0.1) is 0 Å². The van der Waals surface area contributed by atoms with Gasteiger partial charge in [0.1, 0.15) is 5.82 Å². The van der Waals surface area contributed by atoms with Gasteiger partial charge in [0.25, 0.3) is 0 Å². The third kappa shape index (κ3) is 2.96. The number of aryl methyl sites for hydroxylation is 1. The van der Waals surface area contributed by atoms with Crippen LogP contribution < -0.4 is 5.73 Å². The van der Waals surface area contributed by atoms with Crippen molar-refractivity contribution in [3.05, 3.63) is 70.0 Å². The highest BCUT2D eigenvalue weighted by Crippen LogP contribution is 2.33. The van der Waals surface area contributed by atoms with E-state index in [4.69, 9.17) is 17.3 Å². The molecule has 0 aromatic heterocycles. The molecule has 0 aliphatic rings. The van der Waals surface area contributed by atoms with Crippen molar-refractivity contribution in [1.29, 1.82) is 0 Å². The van der Waals surface area contributed by atoms with Crippen molar-refractivity contribution < 1.29 is 4.39 Å². The first-order valence-electron chi connectivity index (χ1n) is 6.26. The van der Waals surface area contributed by atoms with Crippen LogP contribution in [-0.4, -0.2) is 0 Å². The maximum atomic E-state index is 13.4. The van der Waals surface area contributed by atoms with E-state index in [1.54, 1.807) is 13.0 Å². The van der Waals surface area contributed by atoms with Crippen molar-refractivity contribution in [2.75, 3.05) is 0 Å². The topological polar surface area (TPSA) is 26.0 Å². The molecule has 19 heavy (non-hydrogen) atoms. The van der Waals surface area contributed by atoms with Crippen molar-refractivity contribution >= 4 is 11.6 Å². The molecule has 0 saturated carbocycles. The summed E-state index contributed by atoms with van der Waals surface area (Å²) in [4.78, 5) is 0. The Balaban J connectivity index is 2.34. The van der Waals surface area contributed by atoms with Crippen LogP contribution in [0, 0.1) is 12.7 Å². The van der Waals surface area contributed by atoms with Gasteiger partial charge >= 0.3 is 0 Å². The van der Waals surface area contributed by atoms with Crippen LogP contribution >= 0.6 is 11.6 Å². The normalized spacial score (nSPS) is 14.2. The summed E-state index contributed by atoms with van der Waals surface area (Å²) in [7, 11) is 0. The Morgan fingerprint density at radius 2 is 1.79 bits per heavy atom. The average molecular weight is 278 g/mol. The molecule has 1 nitrogen and oxygen atoms in total. The van der Waals surface area contributed by atoms with E-state index in [-0.39, 0.29) is 17.8 Å². The van der Waals surface area contributed by atoms with Gasteiger partial charge in [0.15, 0.2) is 0 Å². The molecule has 0 saturated heterocycles. The van der Waals surface area contributed by atoms with Crippen LogP contribution in [-0.2, 0) is 0 Å². The molecule has 0 amide bonds. The molecule has 0 aliphatic heterocycles. The quantitative estimate of drug-likeness (QED) is 0.872. The van der Waals surface area contributed by atoms with Gasteiger partial charge in [-0.3, -0.25) is 0 Å². The molecule has 0 spiro atoms. The lowest BCUT2D eigenvalue weighted by molar-refractivity contribution is 0.588. The largest absolute Gasteiger partial charge is 0.323 e. The Morgan fingerprint density at radius 1 is 1.16 bits per heavy atom. The van der Waals surface area contributed by atoms with E-state index in [9.17, 15) is 4.39 Å². The lowest BCUT2D eigenvalue weighted by Gasteiger charge is -2.22. The lowest BCUT2D eigenvalue weighted by Crippen LogP contribution is -2.18. The Hall–Kier alpha value is -1.38. The number of nitrogens with two attached hydrogens (primary N) is 1. The van der Waals surface area contributed by atoms with Crippen molar-refractivity contribution in [2.45, 2.75) is 25.8 Å². The third-order valence-electron chi connectivity index (χ3n) is 3.50. The van der Waals surface area contributed by atoms with Crippen LogP contribution in [0.4, 0.5) is 4.39 Å². The minimum Gasteiger partial charge on any atom is -0.323 e. The minimum absolute atomic E-state index is 0.114. The Bertz CT molecular complexity index is 568. The molecule has 0 heterocycles. The van der Waals surface area contributed by atoms with E-state index >= 15 is 0 Å². The van der Waals surface area contributed by atoms with Crippen molar-refractivity contribution in [3.63, 3.8) is 0 Å². The predicted molar refractivity (Wildman–Crippen MR) is 77.9 cm³/mol. The first-order chi connectivity index (χ1) is 9.00. The van der Waals surface area contributed by atoms with Crippen LogP contribution in [0.3, 0.4) is 0 Å². The summed E-state index contributed by atoms with van der Waals surface area (Å²) in [6.07, 6.45) is 0. The molecule has 2 atom stereocenters. The van der Waals surface area contributed by atoms with Gasteiger partial charge < -0.3 is 5.73 Å². The highest BCUT2D eigenvalue weighted by Gasteiger charge is 2.20. The Kier molecular flexibility index (Phi) is 4.23. The second-order valence-corrected chi connectivity index (χ2v) is 5.26. The molecule has 0 bridgehead atoms. The second kappa shape index (κ2) is 5.72. The Labute approximate surface area is 118 Å². The van der Waals surface area contributed by atoms with E-state index in [0.717, 1.165) is 11.1 Å². The molecule has 0 aliphatic carbocycles. The average Bonchev–Trinajstić information content (AvgIpc) is 2.42. The highest BCUT2D eigenvalue weighted by atomic mass is 35.5. The van der Waals surface area contributed by atoms with E-state index in [1.807, 2.05) is 30.3 Å². The summed E-state index contributed by atoms with van der Waals surface area (Å²) in [6.45, 7) is 3.77. The molecule has 2 rings (SSSR count). The number of hydrogen-bond donors (Lipinski definition) is 1. The van der Waals surface area contributed by atoms with Gasteiger partial charge in [0.2, 0.25) is 0 Å². The summed E-state index contributed by atoms with van der Waals surface area (Å²) in [6, 6.07) is 12.8. The SMILES string of the molecule is Cc1cc(C(N)C(C)c2ccccc2)c(Cl)cc1F. The molecule has 0 radical (unpaired) electrons. The standard InChI is InChI=1S/C16H17ClFN/c1-10-8-13(14(17)9-15(10)18)16(19)11(2)12-6-4-3-5-7-12/h3-9,11,16H,19H2,1-2H3. The number of hydrogen-bond acceptors (Lipinski definition) is 1. The van der Waals surface area contributed by atoms with E-state index in [2.05, 4.69) is 6.92 Å². The van der Waals surface area contributed by atoms with Crippen molar-refractivity contribution in [3.8, 4) is 0 Å². The van der Waals surface area contributed by atoms with Crippen LogP contribution in [0.2, 0.25) is 5.02 Å². The maximum absolute atomic E-state index is 13.4. The van der Waals surface area contributed by atoms with E-state index < -0.39 is 0 Å². The summed E-state index contributed by atoms with van der Waals surface area (Å²) in [5.41, 5.74) is 8.78. The Morgan fingerprint density at radius 3 is 2.42 bits per heavy atom. The maximum Gasteiger partial charge on any atom is 0.127 e. The molecule has 2 aromatic carbocycles. The zero-order valence-corrected chi connectivity index (χ0v) is 11.8. The van der Waals surface area contributed by atoms with Crippen LogP contribution in [0.1, 0.15) is 35.6 Å². The fourth-order valence-corrected chi connectivity index (χ4v) is 2.44. The molecular formula is C16H17ClFN. The van der Waals surface area contributed by atoms with Crippen LogP contribution in [0.25, 0.3) is 0 Å². The molecule has 2 unspecified atom stereocenters. The first-order valence-corrected chi connectivity index (χ1v) is 6.64. The first kappa shape index (κ1) is 14.0. The van der Waals surface area contributed by atoms with Gasteiger partial charge in [-0.25, -0.2) is 4.39 Å². The van der Waals surface area contributed by atoms with Crippen LogP contribution in [0.15, 0.2) is 42.5 Å². The fourth-order valence-electron chi connectivity index (χ4n) is 2.17. The molecule has 100 valence electrons. The highest BCUT2D eigenvalue weighted by molar-refractivity contribution is 6.31. The summed E-state index contributed by atoms with van der Waals surface area (Å²) in [5, 5.41) is 0.387. The molecule has 2 N–H and O–H groups in total. The summed E-state index contributed by atoms with van der Waals surface area (Å²) in [5.74, 6) is -0.183. The van der Waals surface area contributed by atoms with E-state index in [0.29, 0.717) is 10.6 Å². The summed E-state index contributed by atoms with van der Waals surface area (Å²) >= 11 is 6.11. The zero-order valence-electron chi connectivity index (χ0n) is 11.0. The van der Waals surface area contributed by atoms with Gasteiger partial charge in [-0.2, -0.15) is 0 Å². The molecule has 0 fully saturated rings. The van der Waals surface area contributed by atoms with Crippen LogP contribution in [0.5, 0.6) is 0 Å². The molecular weight excluding hydrogens is 261 g/mol. The summed E-state index contributed by atoms with van der Waals surface area (Å²) < 4.78 is 13.4. The van der Waals surface area contributed by atoms with Gasteiger partial charge in [-0.15, -0.1) is 0 Å². The third-order valence-corrected chi connectivity index (χ3v) is 3.83. The monoisotopic (exact) mass is 277 g/mol. The van der Waals surface area contributed by atoms with E-state index in [1.165, 1.54) is 6.07 Å². The lowest BCUT2D eigenvalue weighted by atomic mass is 9.88. The van der Waals surface area contributed by atoms with Crippen molar-refractivity contribution in [1.82, 2.24) is 0 Å². The minimum atomic E-state index is -0.298. The number of halogens is 2. The zero-order chi connectivity index (χ0) is 14.0. The second-order valence-electron chi connectivity index (χ2n) is 4.85. The number of benzene rings is 2. The van der Waals surface area contributed by atoms with Gasteiger partial charge in [0, 0.05) is 17.0 Å². The molecule has 2 aromatic rings. The molecule has 3 heteroatoms. The van der Waals surface area contributed by atoms with Gasteiger partial charge in [-0.05, 0) is 29.7 Å².